The summed E-state index contributed by atoms with van der Waals surface area (Å²) in [6.45, 7) is 2.94. The minimum atomic E-state index is -0.540. The highest BCUT2D eigenvalue weighted by atomic mass is 32.1. The number of ether oxygens (including phenoxy) is 1. The van der Waals surface area contributed by atoms with E-state index >= 15 is 0 Å². The topological polar surface area (TPSA) is 85.2 Å². The van der Waals surface area contributed by atoms with Gasteiger partial charge in [0.15, 0.2) is 5.11 Å². The number of hydrogen-bond donors (Lipinski definition) is 2. The third-order valence-corrected chi connectivity index (χ3v) is 6.60. The van der Waals surface area contributed by atoms with E-state index in [0.29, 0.717) is 17.9 Å². The van der Waals surface area contributed by atoms with Crippen molar-refractivity contribution in [2.75, 3.05) is 6.61 Å². The molecule has 0 spiro atoms. The van der Waals surface area contributed by atoms with E-state index < -0.39 is 11.8 Å². The maximum Gasteiger partial charge on any atom is 0.263 e. The Morgan fingerprint density at radius 2 is 1.50 bits per heavy atom. The van der Waals surface area contributed by atoms with Gasteiger partial charge in [-0.05, 0) is 61.1 Å². The van der Waals surface area contributed by atoms with Crippen molar-refractivity contribution in [1.82, 2.24) is 20.4 Å². The fourth-order valence-electron chi connectivity index (χ4n) is 4.33. The van der Waals surface area contributed by atoms with Gasteiger partial charge in [0, 0.05) is 17.3 Å². The fourth-order valence-corrected chi connectivity index (χ4v) is 4.51. The number of benzene rings is 2. The maximum atomic E-state index is 12.4. The molecule has 2 amide bonds. The van der Waals surface area contributed by atoms with Crippen LogP contribution in [0, 0.1) is 0 Å². The van der Waals surface area contributed by atoms with Crippen LogP contribution in [0.25, 0.3) is 23.0 Å². The standard InChI is InChI=1S/C30H34N4O3S/c1-2-3-4-5-6-7-8-12-19-37-25-17-15-22(16-18-25)27-23(20-26-28(35)31-30(38)32-29(26)36)21-34(33-27)24-13-10-9-11-14-24/h9-11,13-18,20-21H,2-8,12,19H2,1H3,(H2,31,32,35,36,38). The summed E-state index contributed by atoms with van der Waals surface area (Å²) < 4.78 is 7.68. The third-order valence-electron chi connectivity index (χ3n) is 6.40. The molecule has 2 N–H and O–H groups in total. The lowest BCUT2D eigenvalue weighted by Gasteiger charge is -2.16. The molecular weight excluding hydrogens is 496 g/mol. The predicted octanol–water partition coefficient (Wildman–Crippen LogP) is 5.97. The Bertz CT molecular complexity index is 1260. The highest BCUT2D eigenvalue weighted by Gasteiger charge is 2.26. The zero-order chi connectivity index (χ0) is 26.7. The molecule has 3 aromatic rings. The summed E-state index contributed by atoms with van der Waals surface area (Å²) in [6.07, 6.45) is 13.4. The lowest BCUT2D eigenvalue weighted by molar-refractivity contribution is -0.123. The molecule has 1 aromatic heterocycles. The number of carbonyl (C=O) groups excluding carboxylic acids is 2. The van der Waals surface area contributed by atoms with Gasteiger partial charge in [-0.1, -0.05) is 70.1 Å². The second kappa shape index (κ2) is 13.7. The van der Waals surface area contributed by atoms with Crippen LogP contribution in [0.1, 0.15) is 63.9 Å². The van der Waals surface area contributed by atoms with Crippen LogP contribution in [0.5, 0.6) is 5.75 Å². The monoisotopic (exact) mass is 530 g/mol. The molecule has 0 atom stereocenters. The van der Waals surface area contributed by atoms with E-state index in [1.165, 1.54) is 44.9 Å². The molecular formula is C30H34N4O3S. The lowest BCUT2D eigenvalue weighted by atomic mass is 10.0. The van der Waals surface area contributed by atoms with Gasteiger partial charge in [0.05, 0.1) is 18.0 Å². The Morgan fingerprint density at radius 1 is 0.868 bits per heavy atom. The van der Waals surface area contributed by atoms with Crippen molar-refractivity contribution < 1.29 is 14.3 Å². The molecule has 1 saturated heterocycles. The number of nitrogens with one attached hydrogen (secondary N) is 2. The lowest BCUT2D eigenvalue weighted by Crippen LogP contribution is -2.51. The minimum absolute atomic E-state index is 0.0000771. The normalized spacial score (nSPS) is 13.3. The molecule has 1 aliphatic heterocycles. The number of carbonyl (C=O) groups is 2. The van der Waals surface area contributed by atoms with Gasteiger partial charge in [-0.2, -0.15) is 5.10 Å². The van der Waals surface area contributed by atoms with Gasteiger partial charge in [-0.3, -0.25) is 20.2 Å². The summed E-state index contributed by atoms with van der Waals surface area (Å²) in [7, 11) is 0. The first-order valence-corrected chi connectivity index (χ1v) is 13.7. The molecule has 1 fully saturated rings. The van der Waals surface area contributed by atoms with Crippen molar-refractivity contribution in [3.05, 3.63) is 71.9 Å². The number of thiocarbonyl (C=S) groups is 1. The number of aromatic nitrogens is 2. The number of hydrogen-bond acceptors (Lipinski definition) is 5. The van der Waals surface area contributed by atoms with Crippen LogP contribution in [0.2, 0.25) is 0 Å². The first kappa shape index (κ1) is 27.3. The fraction of sp³-hybridized carbons (Fsp3) is 0.333. The second-order valence-corrected chi connectivity index (χ2v) is 9.76. The molecule has 0 unspecified atom stereocenters. The molecule has 0 radical (unpaired) electrons. The molecule has 7 nitrogen and oxygen atoms in total. The van der Waals surface area contributed by atoms with Gasteiger partial charge in [0.2, 0.25) is 0 Å². The third kappa shape index (κ3) is 7.38. The molecule has 1 aliphatic rings. The van der Waals surface area contributed by atoms with Crippen molar-refractivity contribution in [1.29, 1.82) is 0 Å². The maximum absolute atomic E-state index is 12.4. The Kier molecular flexibility index (Phi) is 9.81. The van der Waals surface area contributed by atoms with Crippen molar-refractivity contribution >= 4 is 35.2 Å². The van der Waals surface area contributed by atoms with Crippen molar-refractivity contribution in [2.24, 2.45) is 0 Å². The first-order valence-electron chi connectivity index (χ1n) is 13.3. The van der Waals surface area contributed by atoms with Gasteiger partial charge >= 0.3 is 0 Å². The minimum Gasteiger partial charge on any atom is -0.494 e. The average molecular weight is 531 g/mol. The number of para-hydroxylation sites is 1. The Balaban J connectivity index is 1.46. The second-order valence-electron chi connectivity index (χ2n) is 9.36. The smallest absolute Gasteiger partial charge is 0.263 e. The Hall–Kier alpha value is -3.78. The summed E-state index contributed by atoms with van der Waals surface area (Å²) >= 11 is 4.91. The van der Waals surface area contributed by atoms with Gasteiger partial charge in [0.25, 0.3) is 11.8 Å². The summed E-state index contributed by atoms with van der Waals surface area (Å²) in [5.41, 5.74) is 2.96. The largest absolute Gasteiger partial charge is 0.494 e. The van der Waals surface area contributed by atoms with Crippen molar-refractivity contribution in [3.63, 3.8) is 0 Å². The summed E-state index contributed by atoms with van der Waals surface area (Å²) in [5.74, 6) is -0.276. The number of rotatable bonds is 13. The van der Waals surface area contributed by atoms with Crippen LogP contribution in [-0.4, -0.2) is 33.3 Å². The molecule has 198 valence electrons. The average Bonchev–Trinajstić information content (AvgIpc) is 3.34. The molecule has 0 aliphatic carbocycles. The molecule has 4 rings (SSSR count). The molecule has 2 heterocycles. The zero-order valence-corrected chi connectivity index (χ0v) is 22.6. The quantitative estimate of drug-likeness (QED) is 0.123. The van der Waals surface area contributed by atoms with Crippen LogP contribution in [-0.2, 0) is 9.59 Å². The number of amides is 2. The molecule has 8 heteroatoms. The van der Waals surface area contributed by atoms with Gasteiger partial charge in [-0.25, -0.2) is 4.68 Å². The van der Waals surface area contributed by atoms with Crippen LogP contribution >= 0.6 is 12.2 Å². The number of unbranched alkanes of at least 4 members (excludes halogenated alkanes) is 7. The van der Waals surface area contributed by atoms with E-state index in [4.69, 9.17) is 22.1 Å². The van der Waals surface area contributed by atoms with Gasteiger partial charge < -0.3 is 4.74 Å². The van der Waals surface area contributed by atoms with Crippen LogP contribution < -0.4 is 15.4 Å². The van der Waals surface area contributed by atoms with E-state index in [-0.39, 0.29) is 10.7 Å². The summed E-state index contributed by atoms with van der Waals surface area (Å²) in [4.78, 5) is 24.9. The van der Waals surface area contributed by atoms with Crippen molar-refractivity contribution in [3.8, 4) is 22.7 Å². The summed E-state index contributed by atoms with van der Waals surface area (Å²) in [6, 6.07) is 17.4. The SMILES string of the molecule is CCCCCCCCCCOc1ccc(-c2nn(-c3ccccc3)cc2C=C2C(=O)NC(=S)NC2=O)cc1. The zero-order valence-electron chi connectivity index (χ0n) is 21.7. The number of nitrogens with zero attached hydrogens (tertiary/aromatic N) is 2. The molecule has 0 saturated carbocycles. The molecule has 2 aromatic carbocycles. The highest BCUT2D eigenvalue weighted by Crippen LogP contribution is 2.28. The van der Waals surface area contributed by atoms with E-state index in [0.717, 1.165) is 23.4 Å². The van der Waals surface area contributed by atoms with Gasteiger partial charge in [0.1, 0.15) is 11.3 Å². The van der Waals surface area contributed by atoms with Gasteiger partial charge in [-0.15, -0.1) is 0 Å². The first-order chi connectivity index (χ1) is 18.5. The van der Waals surface area contributed by atoms with Crippen LogP contribution in [0.3, 0.4) is 0 Å². The summed E-state index contributed by atoms with van der Waals surface area (Å²) in [5, 5.41) is 9.73. The van der Waals surface area contributed by atoms with E-state index in [1.54, 1.807) is 17.0 Å². The van der Waals surface area contributed by atoms with E-state index in [1.807, 2.05) is 54.6 Å². The molecule has 38 heavy (non-hydrogen) atoms. The van der Waals surface area contributed by atoms with Crippen molar-refractivity contribution in [2.45, 2.75) is 58.3 Å². The molecule has 0 bridgehead atoms. The highest BCUT2D eigenvalue weighted by molar-refractivity contribution is 7.80. The van der Waals surface area contributed by atoms with Crippen LogP contribution in [0.4, 0.5) is 0 Å². The Morgan fingerprint density at radius 3 is 2.16 bits per heavy atom. The van der Waals surface area contributed by atoms with E-state index in [2.05, 4.69) is 17.6 Å². The Labute approximate surface area is 229 Å². The predicted molar refractivity (Wildman–Crippen MR) is 154 cm³/mol. The van der Waals surface area contributed by atoms with Crippen LogP contribution in [0.15, 0.2) is 66.4 Å². The van der Waals surface area contributed by atoms with E-state index in [9.17, 15) is 9.59 Å².